The van der Waals surface area contributed by atoms with Crippen molar-refractivity contribution in [1.82, 2.24) is 0 Å². The van der Waals surface area contributed by atoms with E-state index >= 15 is 0 Å². The maximum Gasteiger partial charge on any atom is 0.309 e. The lowest BCUT2D eigenvalue weighted by Crippen LogP contribution is -2.47. The molecule has 3 unspecified atom stereocenters. The van der Waals surface area contributed by atoms with E-state index in [4.69, 9.17) is 0 Å². The highest BCUT2D eigenvalue weighted by atomic mass is 16.4. The van der Waals surface area contributed by atoms with Crippen molar-refractivity contribution in [2.24, 2.45) is 23.2 Å². The fourth-order valence-corrected chi connectivity index (χ4v) is 5.37. The van der Waals surface area contributed by atoms with Gasteiger partial charge >= 0.3 is 11.9 Å². The Hall–Kier alpha value is -1.06. The minimum absolute atomic E-state index is 0.219. The van der Waals surface area contributed by atoms with Crippen molar-refractivity contribution >= 4 is 11.9 Å². The molecule has 1 aliphatic rings. The van der Waals surface area contributed by atoms with Gasteiger partial charge in [-0.3, -0.25) is 9.59 Å². The van der Waals surface area contributed by atoms with Gasteiger partial charge in [-0.2, -0.15) is 0 Å². The first-order valence-corrected chi connectivity index (χ1v) is 12.3. The Balaban J connectivity index is 2.63. The minimum atomic E-state index is -0.837. The molecular formula is C25H46O4. The second-order valence-corrected chi connectivity index (χ2v) is 9.81. The summed E-state index contributed by atoms with van der Waals surface area (Å²) in [4.78, 5) is 24.3. The van der Waals surface area contributed by atoms with Crippen LogP contribution in [0.1, 0.15) is 124 Å². The van der Waals surface area contributed by atoms with Gasteiger partial charge in [0.1, 0.15) is 0 Å². The Bertz CT molecular complexity index is 473. The van der Waals surface area contributed by atoms with Crippen molar-refractivity contribution in [3.8, 4) is 0 Å². The lowest BCUT2D eigenvalue weighted by molar-refractivity contribution is -0.164. The first-order valence-electron chi connectivity index (χ1n) is 12.3. The molecule has 1 saturated carbocycles. The summed E-state index contributed by atoms with van der Waals surface area (Å²) in [5.74, 6) is -1.71. The summed E-state index contributed by atoms with van der Waals surface area (Å²) >= 11 is 0. The third-order valence-corrected chi connectivity index (χ3v) is 7.10. The van der Waals surface area contributed by atoms with Crippen molar-refractivity contribution in [3.63, 3.8) is 0 Å². The smallest absolute Gasteiger partial charge is 0.309 e. The highest BCUT2D eigenvalue weighted by Crippen LogP contribution is 2.50. The van der Waals surface area contributed by atoms with Crippen LogP contribution in [0.15, 0.2) is 0 Å². The van der Waals surface area contributed by atoms with Gasteiger partial charge in [-0.05, 0) is 37.5 Å². The van der Waals surface area contributed by atoms with Crippen LogP contribution in [0.25, 0.3) is 0 Å². The number of carboxylic acids is 2. The van der Waals surface area contributed by atoms with Gasteiger partial charge in [0.15, 0.2) is 0 Å². The number of aliphatic carboxylic acids is 2. The number of hydrogen-bond acceptors (Lipinski definition) is 2. The quantitative estimate of drug-likeness (QED) is 0.262. The van der Waals surface area contributed by atoms with E-state index in [0.717, 1.165) is 38.5 Å². The van der Waals surface area contributed by atoms with Crippen molar-refractivity contribution in [3.05, 3.63) is 0 Å². The second-order valence-electron chi connectivity index (χ2n) is 9.81. The summed E-state index contributed by atoms with van der Waals surface area (Å²) in [6.07, 6.45) is 16.3. The van der Waals surface area contributed by atoms with Crippen LogP contribution in [0, 0.1) is 23.2 Å². The molecule has 1 aliphatic carbocycles. The molecule has 0 aromatic heterocycles. The topological polar surface area (TPSA) is 74.6 Å². The molecule has 170 valence electrons. The Morgan fingerprint density at radius 1 is 0.931 bits per heavy atom. The van der Waals surface area contributed by atoms with Crippen LogP contribution in [0.4, 0.5) is 0 Å². The predicted molar refractivity (Wildman–Crippen MR) is 119 cm³/mol. The standard InChI is InChI=1S/C25H46O4/c1-4-5-6-7-8-9-10-11-12-17-22-21(23(26)27)16-14-19-25(22,24(28)29)18-13-15-20(2)3/h20-22H,4-19H2,1-3H3,(H,26,27)(H,28,29). The van der Waals surface area contributed by atoms with Gasteiger partial charge in [-0.25, -0.2) is 0 Å². The molecule has 4 heteroatoms. The first kappa shape index (κ1) is 26.0. The van der Waals surface area contributed by atoms with Gasteiger partial charge in [-0.15, -0.1) is 0 Å². The van der Waals surface area contributed by atoms with E-state index in [1.165, 1.54) is 44.9 Å². The highest BCUT2D eigenvalue weighted by Gasteiger charge is 2.52. The fourth-order valence-electron chi connectivity index (χ4n) is 5.37. The molecule has 0 aromatic rings. The Morgan fingerprint density at radius 3 is 2.03 bits per heavy atom. The number of carbonyl (C=O) groups is 2. The largest absolute Gasteiger partial charge is 0.481 e. The molecule has 3 atom stereocenters. The van der Waals surface area contributed by atoms with E-state index in [0.29, 0.717) is 25.2 Å². The summed E-state index contributed by atoms with van der Waals surface area (Å²) in [6.45, 7) is 6.55. The molecule has 0 heterocycles. The zero-order chi connectivity index (χ0) is 21.7. The van der Waals surface area contributed by atoms with Crippen LogP contribution in [0.2, 0.25) is 0 Å². The molecule has 0 aromatic carbocycles. The highest BCUT2D eigenvalue weighted by molar-refractivity contribution is 5.78. The lowest BCUT2D eigenvalue weighted by Gasteiger charge is -2.44. The van der Waals surface area contributed by atoms with Gasteiger partial charge in [0.2, 0.25) is 0 Å². The molecule has 0 radical (unpaired) electrons. The monoisotopic (exact) mass is 410 g/mol. The van der Waals surface area contributed by atoms with E-state index in [2.05, 4.69) is 20.8 Å². The lowest BCUT2D eigenvalue weighted by atomic mass is 9.58. The van der Waals surface area contributed by atoms with Crippen LogP contribution in [0.5, 0.6) is 0 Å². The maximum atomic E-state index is 12.4. The van der Waals surface area contributed by atoms with Crippen LogP contribution < -0.4 is 0 Å². The summed E-state index contributed by atoms with van der Waals surface area (Å²) in [5.41, 5.74) is -0.837. The molecule has 2 N–H and O–H groups in total. The molecule has 1 fully saturated rings. The van der Waals surface area contributed by atoms with Gasteiger partial charge < -0.3 is 10.2 Å². The zero-order valence-corrected chi connectivity index (χ0v) is 19.3. The van der Waals surface area contributed by atoms with Crippen molar-refractivity contribution < 1.29 is 19.8 Å². The van der Waals surface area contributed by atoms with E-state index in [9.17, 15) is 19.8 Å². The first-order chi connectivity index (χ1) is 13.8. The average molecular weight is 411 g/mol. The number of carboxylic acid groups (broad SMARTS) is 2. The Morgan fingerprint density at radius 2 is 1.52 bits per heavy atom. The average Bonchev–Trinajstić information content (AvgIpc) is 2.66. The zero-order valence-electron chi connectivity index (χ0n) is 19.3. The van der Waals surface area contributed by atoms with Crippen molar-refractivity contribution in [2.75, 3.05) is 0 Å². The molecule has 1 rings (SSSR count). The second kappa shape index (κ2) is 14.0. The van der Waals surface area contributed by atoms with Gasteiger partial charge in [0, 0.05) is 0 Å². The molecular weight excluding hydrogens is 364 g/mol. The van der Waals surface area contributed by atoms with E-state index in [-0.39, 0.29) is 5.92 Å². The summed E-state index contributed by atoms with van der Waals surface area (Å²) in [5, 5.41) is 20.0. The van der Waals surface area contributed by atoms with Crippen LogP contribution >= 0.6 is 0 Å². The van der Waals surface area contributed by atoms with Gasteiger partial charge in [-0.1, -0.05) is 97.8 Å². The molecule has 0 saturated heterocycles. The molecule has 29 heavy (non-hydrogen) atoms. The molecule has 0 aliphatic heterocycles. The molecule has 0 bridgehead atoms. The predicted octanol–water partition coefficient (Wildman–Crippen LogP) is 7.31. The number of rotatable bonds is 16. The Kier molecular flexibility index (Phi) is 12.6. The normalized spacial score (nSPS) is 24.7. The van der Waals surface area contributed by atoms with Crippen LogP contribution in [0.3, 0.4) is 0 Å². The summed E-state index contributed by atoms with van der Waals surface area (Å²) < 4.78 is 0. The SMILES string of the molecule is CCCCCCCCCCCC1C(C(=O)O)CCCC1(CCCC(C)C)C(=O)O. The Labute approximate surface area is 178 Å². The molecule has 0 amide bonds. The molecule has 0 spiro atoms. The van der Waals surface area contributed by atoms with Crippen LogP contribution in [-0.4, -0.2) is 22.2 Å². The van der Waals surface area contributed by atoms with E-state index < -0.39 is 23.3 Å². The summed E-state index contributed by atoms with van der Waals surface area (Å²) in [6, 6.07) is 0. The van der Waals surface area contributed by atoms with Gasteiger partial charge in [0.05, 0.1) is 11.3 Å². The van der Waals surface area contributed by atoms with E-state index in [1.807, 2.05) is 0 Å². The van der Waals surface area contributed by atoms with Crippen molar-refractivity contribution in [2.45, 2.75) is 124 Å². The third-order valence-electron chi connectivity index (χ3n) is 7.10. The fraction of sp³-hybridized carbons (Fsp3) is 0.920. The number of hydrogen-bond donors (Lipinski definition) is 2. The summed E-state index contributed by atoms with van der Waals surface area (Å²) in [7, 11) is 0. The minimum Gasteiger partial charge on any atom is -0.481 e. The van der Waals surface area contributed by atoms with Crippen LogP contribution in [-0.2, 0) is 9.59 Å². The number of unbranched alkanes of at least 4 members (excludes halogenated alkanes) is 8. The van der Waals surface area contributed by atoms with E-state index in [1.54, 1.807) is 0 Å². The van der Waals surface area contributed by atoms with Gasteiger partial charge in [0.25, 0.3) is 0 Å². The van der Waals surface area contributed by atoms with Crippen molar-refractivity contribution in [1.29, 1.82) is 0 Å². The third kappa shape index (κ3) is 8.68. The molecule has 4 nitrogen and oxygen atoms in total. The maximum absolute atomic E-state index is 12.4.